The van der Waals surface area contributed by atoms with Crippen molar-refractivity contribution in [2.24, 2.45) is 0 Å². The van der Waals surface area contributed by atoms with Gasteiger partial charge in [-0.1, -0.05) is 37.6 Å². The number of amides is 4. The van der Waals surface area contributed by atoms with E-state index in [4.69, 9.17) is 0 Å². The van der Waals surface area contributed by atoms with Crippen LogP contribution in [-0.2, 0) is 16.1 Å². The Bertz CT molecular complexity index is 1080. The van der Waals surface area contributed by atoms with E-state index in [1.165, 1.54) is 38.9 Å². The molecule has 2 heterocycles. The monoisotopic (exact) mass is 521 g/mol. The number of hydrogen-bond donors (Lipinski definition) is 1. The average Bonchev–Trinajstić information content (AvgIpc) is 2.83. The number of alkyl halides is 1. The van der Waals surface area contributed by atoms with Crippen LogP contribution in [0.15, 0.2) is 42.0 Å². The normalized spacial score (nSPS) is 22.0. The maximum Gasteiger partial charge on any atom is 0.334 e. The summed E-state index contributed by atoms with van der Waals surface area (Å²) in [6, 6.07) is 1.85. The average molecular weight is 522 g/mol. The molecule has 3 rings (SSSR count). The number of halogens is 3. The highest BCUT2D eigenvalue weighted by Crippen LogP contribution is 2.29. The third-order valence-electron chi connectivity index (χ3n) is 6.48. The Morgan fingerprint density at radius 1 is 1.27 bits per heavy atom. The lowest BCUT2D eigenvalue weighted by atomic mass is 10.0. The molecule has 0 aromatic heterocycles. The first-order valence-electron chi connectivity index (χ1n) is 12.4. The van der Waals surface area contributed by atoms with Crippen molar-refractivity contribution in [2.45, 2.75) is 58.5 Å². The van der Waals surface area contributed by atoms with Crippen LogP contribution in [0.1, 0.15) is 39.2 Å². The van der Waals surface area contributed by atoms with Crippen LogP contribution in [-0.4, -0.2) is 82.7 Å². The fraction of sp³-hybridized carbons (Fsp3) is 0.500. The van der Waals surface area contributed by atoms with Gasteiger partial charge in [-0.15, -0.1) is 0 Å². The number of likely N-dealkylation sites (N-methyl/N-ethyl adjacent to an activating group) is 1. The van der Waals surface area contributed by atoms with Crippen molar-refractivity contribution in [3.63, 3.8) is 0 Å². The molecule has 2 unspecified atom stereocenters. The van der Waals surface area contributed by atoms with Crippen LogP contribution in [0.25, 0.3) is 0 Å². The van der Waals surface area contributed by atoms with E-state index in [0.717, 1.165) is 12.1 Å². The largest absolute Gasteiger partial charge is 0.334 e. The number of carbonyl (C=O) groups excluding carboxylic acids is 3. The number of nitrogens with zero attached hydrogens (tertiary/aromatic N) is 4. The molecule has 0 saturated carbocycles. The van der Waals surface area contributed by atoms with E-state index in [-0.39, 0.29) is 43.6 Å². The van der Waals surface area contributed by atoms with Gasteiger partial charge in [0.25, 0.3) is 0 Å². The van der Waals surface area contributed by atoms with Crippen molar-refractivity contribution in [3.05, 3.63) is 59.2 Å². The molecule has 4 amide bonds. The number of benzene rings is 1. The lowest BCUT2D eigenvalue weighted by Gasteiger charge is -2.54. The van der Waals surface area contributed by atoms with Gasteiger partial charge in [-0.25, -0.2) is 28.0 Å². The zero-order valence-electron chi connectivity index (χ0n) is 21.6. The van der Waals surface area contributed by atoms with E-state index in [1.54, 1.807) is 26.1 Å². The number of rotatable bonds is 8. The summed E-state index contributed by atoms with van der Waals surface area (Å²) in [6.45, 7) is 4.92. The highest BCUT2D eigenvalue weighted by molar-refractivity contribution is 5.91. The van der Waals surface area contributed by atoms with E-state index in [9.17, 15) is 27.6 Å². The molecule has 2 saturated heterocycles. The molecule has 202 valence electrons. The van der Waals surface area contributed by atoms with Crippen molar-refractivity contribution >= 4 is 17.8 Å². The second-order valence-electron chi connectivity index (χ2n) is 9.26. The Balaban J connectivity index is 1.87. The van der Waals surface area contributed by atoms with Crippen molar-refractivity contribution in [3.8, 4) is 0 Å². The van der Waals surface area contributed by atoms with Gasteiger partial charge in [-0.3, -0.25) is 9.59 Å². The molecule has 0 spiro atoms. The Kier molecular flexibility index (Phi) is 9.36. The Morgan fingerprint density at radius 3 is 2.62 bits per heavy atom. The summed E-state index contributed by atoms with van der Waals surface area (Å²) in [6.07, 6.45) is 3.75. The SMILES string of the molecule is C/C=C(\C=C/C(C)F)CNC(=O)N1C2CN(Cc3ccc(F)cc3F)C(=O)[C@H](CCC)N2C(=O)CN1C. The number of urea groups is 1. The van der Waals surface area contributed by atoms with Crippen LogP contribution in [0, 0.1) is 11.6 Å². The highest BCUT2D eigenvalue weighted by atomic mass is 19.1. The van der Waals surface area contributed by atoms with Crippen LogP contribution in [0.4, 0.5) is 18.0 Å². The Labute approximate surface area is 215 Å². The summed E-state index contributed by atoms with van der Waals surface area (Å²) >= 11 is 0. The lowest BCUT2D eigenvalue weighted by Crippen LogP contribution is -2.75. The summed E-state index contributed by atoms with van der Waals surface area (Å²) in [5.74, 6) is -2.13. The van der Waals surface area contributed by atoms with Crippen LogP contribution in [0.5, 0.6) is 0 Å². The fourth-order valence-corrected chi connectivity index (χ4v) is 4.63. The predicted octanol–water partition coefficient (Wildman–Crippen LogP) is 3.36. The number of nitrogens with one attached hydrogen (secondary N) is 1. The summed E-state index contributed by atoms with van der Waals surface area (Å²) in [7, 11) is 1.60. The minimum Gasteiger partial charge on any atom is -0.333 e. The fourth-order valence-electron chi connectivity index (χ4n) is 4.63. The smallest absolute Gasteiger partial charge is 0.333 e. The molecule has 0 radical (unpaired) electrons. The van der Waals surface area contributed by atoms with Gasteiger partial charge in [0.15, 0.2) is 0 Å². The molecule has 8 nitrogen and oxygen atoms in total. The first kappa shape index (κ1) is 28.2. The second-order valence-corrected chi connectivity index (χ2v) is 9.26. The molecule has 0 aliphatic carbocycles. The maximum absolute atomic E-state index is 14.4. The van der Waals surface area contributed by atoms with Gasteiger partial charge in [-0.05, 0) is 31.9 Å². The van der Waals surface area contributed by atoms with E-state index < -0.39 is 36.0 Å². The number of carbonyl (C=O) groups is 3. The van der Waals surface area contributed by atoms with E-state index in [0.29, 0.717) is 18.4 Å². The van der Waals surface area contributed by atoms with E-state index in [1.807, 2.05) is 6.92 Å². The molecule has 2 aliphatic heterocycles. The number of hydrazine groups is 1. The zero-order chi connectivity index (χ0) is 27.3. The lowest BCUT2D eigenvalue weighted by molar-refractivity contribution is -0.188. The van der Waals surface area contributed by atoms with Gasteiger partial charge in [-0.2, -0.15) is 0 Å². The molecular weight excluding hydrogens is 487 g/mol. The van der Waals surface area contributed by atoms with E-state index in [2.05, 4.69) is 5.32 Å². The molecule has 1 aromatic carbocycles. The van der Waals surface area contributed by atoms with E-state index >= 15 is 0 Å². The van der Waals surface area contributed by atoms with Gasteiger partial charge in [0, 0.05) is 31.8 Å². The predicted molar refractivity (Wildman–Crippen MR) is 132 cm³/mol. The van der Waals surface area contributed by atoms with Crippen molar-refractivity contribution in [1.82, 2.24) is 25.1 Å². The molecule has 1 aromatic rings. The summed E-state index contributed by atoms with van der Waals surface area (Å²) in [5.41, 5.74) is 0.832. The van der Waals surface area contributed by atoms with Crippen LogP contribution in [0.3, 0.4) is 0 Å². The van der Waals surface area contributed by atoms with Gasteiger partial charge in [0.05, 0.1) is 13.1 Å². The molecule has 11 heteroatoms. The highest BCUT2D eigenvalue weighted by Gasteiger charge is 2.50. The topological polar surface area (TPSA) is 76.2 Å². The van der Waals surface area contributed by atoms with Gasteiger partial charge in [0.1, 0.15) is 30.0 Å². The minimum absolute atomic E-state index is 0.0465. The molecular formula is C26H34F3N5O3. The van der Waals surface area contributed by atoms with Crippen LogP contribution in [0.2, 0.25) is 0 Å². The zero-order valence-corrected chi connectivity index (χ0v) is 21.6. The number of allylic oxidation sites excluding steroid dienone is 2. The molecule has 2 fully saturated rings. The van der Waals surface area contributed by atoms with Crippen LogP contribution < -0.4 is 5.32 Å². The van der Waals surface area contributed by atoms with Gasteiger partial charge >= 0.3 is 6.03 Å². The van der Waals surface area contributed by atoms with Crippen molar-refractivity contribution < 1.29 is 27.6 Å². The number of hydrogen-bond acceptors (Lipinski definition) is 4. The van der Waals surface area contributed by atoms with Gasteiger partial charge < -0.3 is 15.1 Å². The Hall–Kier alpha value is -3.34. The standard InChI is InChI=1S/C26H34F3N5O3/c1-5-7-22-25(36)32(14-19-10-11-20(28)12-21(19)29)15-23-33(22)24(35)16-31(4)34(23)26(37)30-13-18(6-2)9-8-17(3)27/h6,8-12,17,22-23H,5,7,13-16H2,1-4H3,(H,30,37)/b9-8-,18-6+/t17?,22-,23?/m0/s1. The number of piperazine rings is 1. The first-order chi connectivity index (χ1) is 17.6. The maximum atomic E-state index is 14.4. The minimum atomic E-state index is -1.13. The van der Waals surface area contributed by atoms with Crippen molar-refractivity contribution in [2.75, 3.05) is 26.7 Å². The summed E-state index contributed by atoms with van der Waals surface area (Å²) in [5, 5.41) is 5.68. The van der Waals surface area contributed by atoms with Gasteiger partial charge in [0.2, 0.25) is 11.8 Å². The summed E-state index contributed by atoms with van der Waals surface area (Å²) < 4.78 is 41.0. The van der Waals surface area contributed by atoms with Crippen LogP contribution >= 0.6 is 0 Å². The second kappa shape index (κ2) is 12.3. The molecule has 3 atom stereocenters. The summed E-state index contributed by atoms with van der Waals surface area (Å²) in [4.78, 5) is 42.6. The third kappa shape index (κ3) is 6.51. The first-order valence-corrected chi connectivity index (χ1v) is 12.4. The third-order valence-corrected chi connectivity index (χ3v) is 6.48. The molecule has 2 aliphatic rings. The molecule has 1 N–H and O–H groups in total. The number of fused-ring (bicyclic) bond motifs is 1. The molecule has 0 bridgehead atoms. The Morgan fingerprint density at radius 2 is 2.00 bits per heavy atom. The van der Waals surface area contributed by atoms with Crippen molar-refractivity contribution in [1.29, 1.82) is 0 Å². The molecule has 37 heavy (non-hydrogen) atoms. The quantitative estimate of drug-likeness (QED) is 0.533.